The number of amides is 2. The van der Waals surface area contributed by atoms with Gasteiger partial charge in [-0.3, -0.25) is 9.59 Å². The maximum atomic E-state index is 13.0. The lowest BCUT2D eigenvalue weighted by molar-refractivity contribution is -0.164. The minimum absolute atomic E-state index is 0.170. The first-order valence-electron chi connectivity index (χ1n) is 8.44. The van der Waals surface area contributed by atoms with E-state index in [-0.39, 0.29) is 35.9 Å². The molecule has 118 valence electrons. The third-order valence-electron chi connectivity index (χ3n) is 5.60. The summed E-state index contributed by atoms with van der Waals surface area (Å²) in [4.78, 5) is 29.7. The summed E-state index contributed by atoms with van der Waals surface area (Å²) in [5.41, 5.74) is 0.294. The fraction of sp³-hybridized carbons (Fsp3) is 0.882. The zero-order valence-corrected chi connectivity index (χ0v) is 13.8. The number of carbonyl (C=O) groups excluding carboxylic acids is 2. The Morgan fingerprint density at radius 2 is 1.86 bits per heavy atom. The predicted molar refractivity (Wildman–Crippen MR) is 81.6 cm³/mol. The van der Waals surface area contributed by atoms with Gasteiger partial charge >= 0.3 is 0 Å². The second-order valence-electron chi connectivity index (χ2n) is 8.18. The van der Waals surface area contributed by atoms with Crippen LogP contribution in [0.15, 0.2) is 0 Å². The molecule has 0 aromatic heterocycles. The number of piperazine rings is 1. The number of hydrogen-bond donors (Lipinski definition) is 0. The van der Waals surface area contributed by atoms with Crippen LogP contribution in [0, 0.1) is 11.3 Å². The highest BCUT2D eigenvalue weighted by Gasteiger charge is 2.52. The minimum Gasteiger partial charge on any atom is -0.329 e. The Kier molecular flexibility index (Phi) is 3.53. The summed E-state index contributed by atoms with van der Waals surface area (Å²) >= 11 is 0. The number of fused-ring (bicyclic) bond motifs is 1. The molecule has 3 fully saturated rings. The van der Waals surface area contributed by atoms with Crippen LogP contribution in [0.5, 0.6) is 0 Å². The van der Waals surface area contributed by atoms with Gasteiger partial charge in [-0.05, 0) is 43.4 Å². The molecule has 3 rings (SSSR count). The van der Waals surface area contributed by atoms with Crippen molar-refractivity contribution in [1.29, 1.82) is 0 Å². The monoisotopic (exact) mass is 292 g/mol. The van der Waals surface area contributed by atoms with Crippen LogP contribution in [-0.2, 0) is 9.59 Å². The molecule has 0 aromatic rings. The van der Waals surface area contributed by atoms with Crippen molar-refractivity contribution in [2.45, 2.75) is 77.9 Å². The standard InChI is InChI=1S/C17H28N2O2/c1-11(2)14-16(21)18-9-5-6-13(18)15(20)19(14)12-7-8-17(3,4)10-12/h11-14H,5-10H2,1-4H3. The molecule has 0 aromatic carbocycles. The van der Waals surface area contributed by atoms with Crippen LogP contribution >= 0.6 is 0 Å². The summed E-state index contributed by atoms with van der Waals surface area (Å²) < 4.78 is 0. The van der Waals surface area contributed by atoms with E-state index in [2.05, 4.69) is 27.7 Å². The molecule has 2 amide bonds. The van der Waals surface area contributed by atoms with E-state index in [1.807, 2.05) is 9.80 Å². The highest BCUT2D eigenvalue weighted by atomic mass is 16.2. The lowest BCUT2D eigenvalue weighted by Gasteiger charge is -2.47. The number of carbonyl (C=O) groups is 2. The van der Waals surface area contributed by atoms with Gasteiger partial charge in [0.1, 0.15) is 12.1 Å². The van der Waals surface area contributed by atoms with Crippen molar-refractivity contribution in [1.82, 2.24) is 9.80 Å². The van der Waals surface area contributed by atoms with Crippen LogP contribution < -0.4 is 0 Å². The van der Waals surface area contributed by atoms with Gasteiger partial charge in [0.15, 0.2) is 0 Å². The van der Waals surface area contributed by atoms with Crippen molar-refractivity contribution in [3.63, 3.8) is 0 Å². The van der Waals surface area contributed by atoms with Crippen LogP contribution in [-0.4, -0.2) is 46.3 Å². The molecule has 3 atom stereocenters. The van der Waals surface area contributed by atoms with Gasteiger partial charge in [0.2, 0.25) is 11.8 Å². The van der Waals surface area contributed by atoms with Gasteiger partial charge < -0.3 is 9.80 Å². The molecule has 4 nitrogen and oxygen atoms in total. The fourth-order valence-corrected chi connectivity index (χ4v) is 4.54. The van der Waals surface area contributed by atoms with Gasteiger partial charge in [-0.15, -0.1) is 0 Å². The van der Waals surface area contributed by atoms with E-state index >= 15 is 0 Å². The molecule has 2 heterocycles. The molecule has 0 radical (unpaired) electrons. The van der Waals surface area contributed by atoms with E-state index in [0.29, 0.717) is 5.41 Å². The molecule has 2 aliphatic heterocycles. The van der Waals surface area contributed by atoms with E-state index in [9.17, 15) is 9.59 Å². The maximum absolute atomic E-state index is 13.0. The van der Waals surface area contributed by atoms with Gasteiger partial charge in [0.05, 0.1) is 0 Å². The summed E-state index contributed by atoms with van der Waals surface area (Å²) in [6.45, 7) is 9.45. The minimum atomic E-state index is -0.245. The van der Waals surface area contributed by atoms with Crippen LogP contribution in [0.3, 0.4) is 0 Å². The van der Waals surface area contributed by atoms with E-state index in [1.165, 1.54) is 0 Å². The molecule has 1 saturated carbocycles. The summed E-state index contributed by atoms with van der Waals surface area (Å²) in [5, 5.41) is 0. The summed E-state index contributed by atoms with van der Waals surface area (Å²) in [7, 11) is 0. The average molecular weight is 292 g/mol. The van der Waals surface area contributed by atoms with E-state index < -0.39 is 0 Å². The third kappa shape index (κ3) is 2.36. The first-order chi connectivity index (χ1) is 9.82. The Labute approximate surface area is 127 Å². The van der Waals surface area contributed by atoms with Crippen molar-refractivity contribution in [3.05, 3.63) is 0 Å². The Hall–Kier alpha value is -1.06. The average Bonchev–Trinajstić information content (AvgIpc) is 2.99. The molecule has 0 bridgehead atoms. The van der Waals surface area contributed by atoms with Gasteiger partial charge in [-0.1, -0.05) is 27.7 Å². The normalized spacial score (nSPS) is 35.8. The zero-order valence-electron chi connectivity index (χ0n) is 13.8. The molecule has 21 heavy (non-hydrogen) atoms. The topological polar surface area (TPSA) is 40.6 Å². The molecule has 3 aliphatic rings. The Balaban J connectivity index is 1.91. The Morgan fingerprint density at radius 3 is 2.43 bits per heavy atom. The first kappa shape index (κ1) is 14.9. The Bertz CT molecular complexity index is 458. The van der Waals surface area contributed by atoms with Crippen LogP contribution in [0.2, 0.25) is 0 Å². The van der Waals surface area contributed by atoms with E-state index in [1.54, 1.807) is 0 Å². The maximum Gasteiger partial charge on any atom is 0.246 e. The second-order valence-corrected chi connectivity index (χ2v) is 8.18. The van der Waals surface area contributed by atoms with Gasteiger partial charge in [-0.25, -0.2) is 0 Å². The van der Waals surface area contributed by atoms with Crippen molar-refractivity contribution < 1.29 is 9.59 Å². The van der Waals surface area contributed by atoms with E-state index in [4.69, 9.17) is 0 Å². The molecule has 0 spiro atoms. The first-order valence-corrected chi connectivity index (χ1v) is 8.44. The number of hydrogen-bond acceptors (Lipinski definition) is 2. The highest BCUT2D eigenvalue weighted by molar-refractivity contribution is 5.97. The van der Waals surface area contributed by atoms with Gasteiger partial charge in [0.25, 0.3) is 0 Å². The molecule has 4 heteroatoms. The molecular weight excluding hydrogens is 264 g/mol. The zero-order chi connectivity index (χ0) is 15.4. The van der Waals surface area contributed by atoms with Crippen LogP contribution in [0.4, 0.5) is 0 Å². The predicted octanol–water partition coefficient (Wildman–Crippen LogP) is 2.42. The van der Waals surface area contributed by atoms with Crippen molar-refractivity contribution in [2.24, 2.45) is 11.3 Å². The lowest BCUT2D eigenvalue weighted by Crippen LogP contribution is -2.66. The Morgan fingerprint density at radius 1 is 1.14 bits per heavy atom. The molecule has 3 unspecified atom stereocenters. The SMILES string of the molecule is CC(C)C1C(=O)N2CCCC2C(=O)N1C1CCC(C)(C)C1. The van der Waals surface area contributed by atoms with Gasteiger partial charge in [0, 0.05) is 12.6 Å². The fourth-order valence-electron chi connectivity index (χ4n) is 4.54. The smallest absolute Gasteiger partial charge is 0.246 e. The molecule has 2 saturated heterocycles. The largest absolute Gasteiger partial charge is 0.329 e. The third-order valence-corrected chi connectivity index (χ3v) is 5.60. The van der Waals surface area contributed by atoms with Crippen LogP contribution in [0.25, 0.3) is 0 Å². The van der Waals surface area contributed by atoms with E-state index in [0.717, 1.165) is 38.6 Å². The number of rotatable bonds is 2. The molecule has 1 aliphatic carbocycles. The highest BCUT2D eigenvalue weighted by Crippen LogP contribution is 2.42. The van der Waals surface area contributed by atoms with Crippen molar-refractivity contribution >= 4 is 11.8 Å². The molecular formula is C17H28N2O2. The van der Waals surface area contributed by atoms with Crippen LogP contribution in [0.1, 0.15) is 59.8 Å². The molecule has 0 N–H and O–H groups in total. The quantitative estimate of drug-likeness (QED) is 0.784. The number of nitrogens with zero attached hydrogens (tertiary/aromatic N) is 2. The van der Waals surface area contributed by atoms with Gasteiger partial charge in [-0.2, -0.15) is 0 Å². The summed E-state index contributed by atoms with van der Waals surface area (Å²) in [6.07, 6.45) is 5.04. The summed E-state index contributed by atoms with van der Waals surface area (Å²) in [5.74, 6) is 0.594. The summed E-state index contributed by atoms with van der Waals surface area (Å²) in [6, 6.07) is -0.159. The second kappa shape index (κ2) is 4.99. The lowest BCUT2D eigenvalue weighted by atomic mass is 9.90. The van der Waals surface area contributed by atoms with Crippen molar-refractivity contribution in [2.75, 3.05) is 6.54 Å². The van der Waals surface area contributed by atoms with Crippen molar-refractivity contribution in [3.8, 4) is 0 Å².